The maximum Gasteiger partial charge on any atom is 0.313 e. The molecule has 0 N–H and O–H groups in total. The van der Waals surface area contributed by atoms with Crippen LogP contribution in [0.5, 0.6) is 5.75 Å². The Kier molecular flexibility index (Phi) is 7.34. The molecule has 0 fully saturated rings. The molecule has 12 heteroatoms. The highest BCUT2D eigenvalue weighted by Crippen LogP contribution is 2.35. The fraction of sp³-hybridized carbons (Fsp3) is 0.0323. The van der Waals surface area contributed by atoms with Gasteiger partial charge in [0.15, 0.2) is 5.76 Å². The number of fused-ring (bicyclic) bond motifs is 2. The van der Waals surface area contributed by atoms with Crippen LogP contribution in [0.15, 0.2) is 99.2 Å². The van der Waals surface area contributed by atoms with E-state index in [9.17, 15) is 20.2 Å². The zero-order chi connectivity index (χ0) is 30.1. The van der Waals surface area contributed by atoms with Gasteiger partial charge >= 0.3 is 5.69 Å². The molecule has 43 heavy (non-hydrogen) atoms. The summed E-state index contributed by atoms with van der Waals surface area (Å²) in [5, 5.41) is 27.4. The second-order valence-corrected chi connectivity index (χ2v) is 10.1. The number of para-hydroxylation sites is 1. The first kappa shape index (κ1) is 27.7. The highest BCUT2D eigenvalue weighted by molar-refractivity contribution is 6.31. The van der Waals surface area contributed by atoms with Gasteiger partial charge in [-0.15, -0.1) is 0 Å². The zero-order valence-corrected chi connectivity index (χ0v) is 23.4. The second kappa shape index (κ2) is 11.4. The van der Waals surface area contributed by atoms with Crippen LogP contribution in [0, 0.1) is 21.4 Å². The van der Waals surface area contributed by atoms with Crippen LogP contribution in [-0.2, 0) is 6.61 Å². The third-order valence-electron chi connectivity index (χ3n) is 6.53. The molecule has 0 unspecified atom stereocenters. The number of nitro benzene ring substituents is 1. The molecule has 0 radical (unpaired) electrons. The fourth-order valence-corrected chi connectivity index (χ4v) is 4.93. The van der Waals surface area contributed by atoms with E-state index in [0.29, 0.717) is 38.0 Å². The van der Waals surface area contributed by atoms with E-state index in [-0.39, 0.29) is 34.5 Å². The van der Waals surface area contributed by atoms with Crippen LogP contribution in [0.4, 0.5) is 5.69 Å². The van der Waals surface area contributed by atoms with E-state index >= 15 is 0 Å². The lowest BCUT2D eigenvalue weighted by Crippen LogP contribution is -2.20. The molecule has 0 saturated carbocycles. The van der Waals surface area contributed by atoms with Gasteiger partial charge in [0.25, 0.3) is 5.56 Å². The number of aromatic nitrogens is 2. The lowest BCUT2D eigenvalue weighted by molar-refractivity contribution is -0.385. The van der Waals surface area contributed by atoms with Gasteiger partial charge in [0.05, 0.1) is 33.7 Å². The van der Waals surface area contributed by atoms with Gasteiger partial charge in [0, 0.05) is 32.6 Å². The quantitative estimate of drug-likeness (QED) is 0.105. The topological polar surface area (TPSA) is 137 Å². The van der Waals surface area contributed by atoms with Crippen molar-refractivity contribution in [1.82, 2.24) is 9.66 Å². The van der Waals surface area contributed by atoms with Crippen molar-refractivity contribution in [2.24, 2.45) is 5.10 Å². The van der Waals surface area contributed by atoms with Crippen molar-refractivity contribution in [3.05, 3.63) is 132 Å². The Morgan fingerprint density at radius 1 is 1.05 bits per heavy atom. The summed E-state index contributed by atoms with van der Waals surface area (Å²) in [5.74, 6) is 0.195. The number of benzene rings is 4. The maximum atomic E-state index is 13.7. The van der Waals surface area contributed by atoms with Crippen molar-refractivity contribution in [2.75, 3.05) is 0 Å². The van der Waals surface area contributed by atoms with Crippen molar-refractivity contribution in [3.8, 4) is 23.4 Å². The van der Waals surface area contributed by atoms with Crippen LogP contribution < -0.4 is 10.3 Å². The number of ether oxygens (including phenoxy) is 1. The van der Waals surface area contributed by atoms with Gasteiger partial charge in [-0.1, -0.05) is 53.5 Å². The van der Waals surface area contributed by atoms with Gasteiger partial charge < -0.3 is 9.15 Å². The van der Waals surface area contributed by atoms with Gasteiger partial charge in [0.2, 0.25) is 11.6 Å². The molecule has 6 aromatic rings. The molecule has 2 aromatic heterocycles. The van der Waals surface area contributed by atoms with E-state index in [2.05, 4.69) is 16.2 Å². The van der Waals surface area contributed by atoms with E-state index in [1.807, 2.05) is 0 Å². The number of furan rings is 1. The number of hydrogen-bond donors (Lipinski definition) is 0. The van der Waals surface area contributed by atoms with Crippen molar-refractivity contribution in [3.63, 3.8) is 0 Å². The van der Waals surface area contributed by atoms with Crippen LogP contribution in [0.25, 0.3) is 33.5 Å². The summed E-state index contributed by atoms with van der Waals surface area (Å²) in [6.07, 6.45) is 1.23. The number of halogens is 2. The first-order valence-corrected chi connectivity index (χ1v) is 13.4. The fourth-order valence-electron chi connectivity index (χ4n) is 4.53. The molecule has 2 heterocycles. The molecule has 0 spiro atoms. The van der Waals surface area contributed by atoms with Gasteiger partial charge in [-0.25, -0.2) is 4.98 Å². The Bertz CT molecular complexity index is 2200. The molecule has 0 amide bonds. The summed E-state index contributed by atoms with van der Waals surface area (Å²) in [6, 6.07) is 24.9. The van der Waals surface area contributed by atoms with Gasteiger partial charge in [0.1, 0.15) is 12.2 Å². The molecule has 0 saturated heterocycles. The lowest BCUT2D eigenvalue weighted by Gasteiger charge is -2.12. The Hall–Kier alpha value is -5.50. The third kappa shape index (κ3) is 5.42. The number of hydrogen-bond acceptors (Lipinski definition) is 8. The SMILES string of the molecule is N#Cc1ccccc1COc1c(C=Nn2c(-c3cc4cc(Cl)ccc4o3)nc3ccccc3c2=O)cc(Cl)cc1[N+](=O)[O-]. The number of nitrogens with zero attached hydrogens (tertiary/aromatic N) is 5. The Morgan fingerprint density at radius 2 is 1.84 bits per heavy atom. The summed E-state index contributed by atoms with van der Waals surface area (Å²) in [6.45, 7) is -0.142. The molecular formula is C31H17Cl2N5O5. The normalized spacial score (nSPS) is 11.3. The number of nitriles is 1. The standard InChI is InChI=1S/C31H17Cl2N5O5/c32-22-9-10-27-20(11-22)13-28(43-27)30-36-25-8-4-3-7-24(25)31(39)37(30)35-16-21-12-23(33)14-26(38(40)41)29(21)42-17-19-6-2-1-5-18(19)15-34/h1-14,16H,17H2. The molecule has 0 aliphatic heterocycles. The highest BCUT2D eigenvalue weighted by Gasteiger charge is 2.22. The molecule has 210 valence electrons. The Balaban J connectivity index is 1.50. The van der Waals surface area contributed by atoms with Crippen molar-refractivity contribution in [2.45, 2.75) is 6.61 Å². The zero-order valence-electron chi connectivity index (χ0n) is 21.9. The third-order valence-corrected chi connectivity index (χ3v) is 6.99. The number of nitro groups is 1. The minimum Gasteiger partial charge on any atom is -0.481 e. The summed E-state index contributed by atoms with van der Waals surface area (Å²) < 4.78 is 12.9. The lowest BCUT2D eigenvalue weighted by atomic mass is 10.1. The molecular weight excluding hydrogens is 593 g/mol. The van der Waals surface area contributed by atoms with Gasteiger partial charge in [-0.3, -0.25) is 14.9 Å². The van der Waals surface area contributed by atoms with Crippen molar-refractivity contribution >= 4 is 57.0 Å². The monoisotopic (exact) mass is 609 g/mol. The first-order valence-electron chi connectivity index (χ1n) is 12.7. The summed E-state index contributed by atoms with van der Waals surface area (Å²) >= 11 is 12.4. The van der Waals surface area contributed by atoms with Crippen LogP contribution in [0.3, 0.4) is 0 Å². The first-order chi connectivity index (χ1) is 20.8. The molecule has 0 bridgehead atoms. The molecule has 0 aliphatic rings. The predicted octanol–water partition coefficient (Wildman–Crippen LogP) is 7.36. The van der Waals surface area contributed by atoms with Crippen molar-refractivity contribution < 1.29 is 14.1 Å². The average Bonchev–Trinajstić information content (AvgIpc) is 3.43. The van der Waals surface area contributed by atoms with Gasteiger partial charge in [-0.05, 0) is 48.5 Å². The minimum atomic E-state index is -0.635. The van der Waals surface area contributed by atoms with E-state index in [0.717, 1.165) is 10.7 Å². The predicted molar refractivity (Wildman–Crippen MR) is 163 cm³/mol. The maximum absolute atomic E-state index is 13.7. The molecule has 0 atom stereocenters. The molecule has 10 nitrogen and oxygen atoms in total. The van der Waals surface area contributed by atoms with E-state index in [1.54, 1.807) is 72.8 Å². The Labute approximate surface area is 252 Å². The summed E-state index contributed by atoms with van der Waals surface area (Å²) in [5.41, 5.74) is 1.04. The molecule has 4 aromatic carbocycles. The molecule has 6 rings (SSSR count). The van der Waals surface area contributed by atoms with E-state index in [1.165, 1.54) is 12.3 Å². The summed E-state index contributed by atoms with van der Waals surface area (Å²) in [4.78, 5) is 29.6. The average molecular weight is 610 g/mol. The second-order valence-electron chi connectivity index (χ2n) is 9.26. The smallest absolute Gasteiger partial charge is 0.313 e. The number of rotatable bonds is 7. The van der Waals surface area contributed by atoms with Crippen LogP contribution in [0.1, 0.15) is 16.7 Å². The Morgan fingerprint density at radius 3 is 2.65 bits per heavy atom. The highest BCUT2D eigenvalue weighted by atomic mass is 35.5. The van der Waals surface area contributed by atoms with E-state index in [4.69, 9.17) is 32.4 Å². The van der Waals surface area contributed by atoms with Crippen LogP contribution in [-0.4, -0.2) is 20.8 Å². The van der Waals surface area contributed by atoms with Crippen molar-refractivity contribution in [1.29, 1.82) is 5.26 Å². The largest absolute Gasteiger partial charge is 0.481 e. The van der Waals surface area contributed by atoms with Gasteiger partial charge in [-0.2, -0.15) is 15.0 Å². The molecule has 0 aliphatic carbocycles. The van der Waals surface area contributed by atoms with E-state index < -0.39 is 16.2 Å². The summed E-state index contributed by atoms with van der Waals surface area (Å²) in [7, 11) is 0. The van der Waals surface area contributed by atoms with Crippen LogP contribution >= 0.6 is 23.2 Å². The van der Waals surface area contributed by atoms with Crippen LogP contribution in [0.2, 0.25) is 10.0 Å². The minimum absolute atomic E-state index is 0.0521.